The molecule has 2 heterocycles. The Balaban J connectivity index is 1.80. The summed E-state index contributed by atoms with van der Waals surface area (Å²) in [6, 6.07) is 0.164. The fourth-order valence-corrected chi connectivity index (χ4v) is 2.14. The predicted molar refractivity (Wildman–Crippen MR) is 67.1 cm³/mol. The van der Waals surface area contributed by atoms with Crippen LogP contribution < -0.4 is 10.6 Å². The minimum absolute atomic E-state index is 0.0488. The van der Waals surface area contributed by atoms with Crippen molar-refractivity contribution in [3.63, 3.8) is 0 Å². The molecular weight excluding hydrogens is 230 g/mol. The van der Waals surface area contributed by atoms with Gasteiger partial charge in [0.05, 0.1) is 18.2 Å². The van der Waals surface area contributed by atoms with E-state index in [1.165, 1.54) is 12.8 Å². The molecule has 0 radical (unpaired) electrons. The average molecular weight is 247 g/mol. The van der Waals surface area contributed by atoms with Crippen molar-refractivity contribution in [2.24, 2.45) is 4.99 Å². The van der Waals surface area contributed by atoms with Crippen LogP contribution in [0.4, 0.5) is 0 Å². The van der Waals surface area contributed by atoms with Gasteiger partial charge in [0.2, 0.25) is 0 Å². The van der Waals surface area contributed by atoms with Crippen molar-refractivity contribution in [2.75, 3.05) is 6.54 Å². The zero-order chi connectivity index (χ0) is 12.5. The van der Waals surface area contributed by atoms with E-state index >= 15 is 0 Å². The Morgan fingerprint density at radius 3 is 3.11 bits per heavy atom. The zero-order valence-corrected chi connectivity index (χ0v) is 10.4. The number of rotatable bonds is 4. The molecular formula is C12H17N5O. The summed E-state index contributed by atoms with van der Waals surface area (Å²) in [4.78, 5) is 20.4. The molecule has 96 valence electrons. The van der Waals surface area contributed by atoms with E-state index in [1.807, 2.05) is 6.33 Å². The third kappa shape index (κ3) is 1.98. The minimum Gasteiger partial charge on any atom is -0.339 e. The molecule has 3 rings (SSSR count). The van der Waals surface area contributed by atoms with E-state index in [2.05, 4.69) is 32.1 Å². The number of guanidine groups is 1. The van der Waals surface area contributed by atoms with E-state index in [1.54, 1.807) is 6.20 Å². The maximum Gasteiger partial charge on any atom is 0.255 e. The summed E-state index contributed by atoms with van der Waals surface area (Å²) >= 11 is 0. The summed E-state index contributed by atoms with van der Waals surface area (Å²) in [7, 11) is 0. The Bertz CT molecular complexity index is 488. The molecule has 0 bridgehead atoms. The van der Waals surface area contributed by atoms with Crippen molar-refractivity contribution < 1.29 is 4.79 Å². The highest BCUT2D eigenvalue weighted by Gasteiger charge is 2.35. The normalized spacial score (nSPS) is 25.3. The first kappa shape index (κ1) is 11.3. The number of hydrogen-bond donors (Lipinski definition) is 2. The Labute approximate surface area is 105 Å². The van der Waals surface area contributed by atoms with Gasteiger partial charge in [0.25, 0.3) is 5.91 Å². The SMILES string of the molecule is CCCN=C1NC(=O)C(c2cncn2C2CC2)N1. The van der Waals surface area contributed by atoms with Crippen LogP contribution in [0.15, 0.2) is 17.5 Å². The Morgan fingerprint density at radius 2 is 2.39 bits per heavy atom. The number of aromatic nitrogens is 2. The minimum atomic E-state index is -0.358. The van der Waals surface area contributed by atoms with Crippen LogP contribution >= 0.6 is 0 Å². The third-order valence-corrected chi connectivity index (χ3v) is 3.21. The molecule has 0 spiro atoms. The van der Waals surface area contributed by atoms with E-state index in [-0.39, 0.29) is 11.9 Å². The standard InChI is InChI=1S/C12H17N5O/c1-2-5-14-12-15-10(11(18)16-12)9-6-13-7-17(9)8-3-4-8/h6-8,10H,2-5H2,1H3,(H2,14,15,16,18). The second kappa shape index (κ2) is 4.44. The molecule has 6 heteroatoms. The highest BCUT2D eigenvalue weighted by atomic mass is 16.2. The Kier molecular flexibility index (Phi) is 2.77. The van der Waals surface area contributed by atoms with E-state index in [4.69, 9.17) is 0 Å². The lowest BCUT2D eigenvalue weighted by Crippen LogP contribution is -2.25. The van der Waals surface area contributed by atoms with Crippen molar-refractivity contribution in [1.82, 2.24) is 20.2 Å². The first-order chi connectivity index (χ1) is 8.79. The smallest absolute Gasteiger partial charge is 0.255 e. The molecule has 1 saturated carbocycles. The van der Waals surface area contributed by atoms with Crippen LogP contribution in [0.3, 0.4) is 0 Å². The first-order valence-electron chi connectivity index (χ1n) is 6.43. The van der Waals surface area contributed by atoms with E-state index in [0.29, 0.717) is 12.0 Å². The second-order valence-corrected chi connectivity index (χ2v) is 4.75. The maximum absolute atomic E-state index is 11.9. The number of carbonyl (C=O) groups is 1. The molecule has 1 aromatic heterocycles. The number of carbonyl (C=O) groups excluding carboxylic acids is 1. The molecule has 18 heavy (non-hydrogen) atoms. The monoisotopic (exact) mass is 247 g/mol. The van der Waals surface area contributed by atoms with Gasteiger partial charge in [0, 0.05) is 12.6 Å². The van der Waals surface area contributed by atoms with Crippen LogP contribution in [0.5, 0.6) is 0 Å². The summed E-state index contributed by atoms with van der Waals surface area (Å²) < 4.78 is 2.10. The molecule has 2 fully saturated rings. The first-order valence-corrected chi connectivity index (χ1v) is 6.43. The summed E-state index contributed by atoms with van der Waals surface area (Å²) in [5.74, 6) is 0.530. The summed E-state index contributed by atoms with van der Waals surface area (Å²) in [5, 5.41) is 5.90. The molecule has 1 aliphatic carbocycles. The quantitative estimate of drug-likeness (QED) is 0.824. The van der Waals surface area contributed by atoms with Crippen molar-refractivity contribution in [2.45, 2.75) is 38.3 Å². The van der Waals surface area contributed by atoms with Gasteiger partial charge in [-0.05, 0) is 19.3 Å². The van der Waals surface area contributed by atoms with Crippen LogP contribution in [0.1, 0.15) is 44.0 Å². The largest absolute Gasteiger partial charge is 0.339 e. The Hall–Kier alpha value is -1.85. The highest BCUT2D eigenvalue weighted by Crippen LogP contribution is 2.37. The molecule has 1 aromatic rings. The second-order valence-electron chi connectivity index (χ2n) is 4.75. The van der Waals surface area contributed by atoms with Gasteiger partial charge >= 0.3 is 0 Å². The molecule has 6 nitrogen and oxygen atoms in total. The van der Waals surface area contributed by atoms with Crippen LogP contribution in [0.2, 0.25) is 0 Å². The van der Waals surface area contributed by atoms with Crippen LogP contribution in [-0.4, -0.2) is 28.0 Å². The third-order valence-electron chi connectivity index (χ3n) is 3.21. The average Bonchev–Trinajstić information content (AvgIpc) is 2.98. The topological polar surface area (TPSA) is 71.3 Å². The lowest BCUT2D eigenvalue weighted by atomic mass is 10.2. The van der Waals surface area contributed by atoms with Gasteiger partial charge in [-0.1, -0.05) is 6.92 Å². The van der Waals surface area contributed by atoms with Gasteiger partial charge in [0.1, 0.15) is 0 Å². The van der Waals surface area contributed by atoms with E-state index in [9.17, 15) is 4.79 Å². The van der Waals surface area contributed by atoms with Gasteiger partial charge in [-0.25, -0.2) is 4.98 Å². The molecule has 1 amide bonds. The summed E-state index contributed by atoms with van der Waals surface area (Å²) in [6.07, 6.45) is 6.89. The van der Waals surface area contributed by atoms with E-state index < -0.39 is 0 Å². The number of nitrogens with zero attached hydrogens (tertiary/aromatic N) is 3. The number of nitrogens with one attached hydrogen (secondary N) is 2. The summed E-state index contributed by atoms with van der Waals surface area (Å²) in [5.41, 5.74) is 0.927. The molecule has 2 aliphatic rings. The molecule has 1 aliphatic heterocycles. The summed E-state index contributed by atoms with van der Waals surface area (Å²) in [6.45, 7) is 2.78. The van der Waals surface area contributed by atoms with Gasteiger partial charge < -0.3 is 9.88 Å². The zero-order valence-electron chi connectivity index (χ0n) is 10.4. The highest BCUT2D eigenvalue weighted by molar-refractivity contribution is 6.06. The fraction of sp³-hybridized carbons (Fsp3) is 0.583. The molecule has 1 unspecified atom stereocenters. The number of amides is 1. The van der Waals surface area contributed by atoms with E-state index in [0.717, 1.165) is 18.7 Å². The van der Waals surface area contributed by atoms with Crippen LogP contribution in [-0.2, 0) is 4.79 Å². The maximum atomic E-state index is 11.9. The predicted octanol–water partition coefficient (Wildman–Crippen LogP) is 0.744. The van der Waals surface area contributed by atoms with Gasteiger partial charge in [-0.2, -0.15) is 0 Å². The number of hydrogen-bond acceptors (Lipinski definition) is 3. The fourth-order valence-electron chi connectivity index (χ4n) is 2.14. The van der Waals surface area contributed by atoms with Gasteiger partial charge in [-0.15, -0.1) is 0 Å². The number of imidazole rings is 1. The molecule has 0 aromatic carbocycles. The van der Waals surface area contributed by atoms with Crippen LogP contribution in [0, 0.1) is 0 Å². The lowest BCUT2D eigenvalue weighted by Gasteiger charge is -2.10. The Morgan fingerprint density at radius 1 is 1.56 bits per heavy atom. The molecule has 2 N–H and O–H groups in total. The molecule has 1 atom stereocenters. The van der Waals surface area contributed by atoms with Crippen LogP contribution in [0.25, 0.3) is 0 Å². The van der Waals surface area contributed by atoms with Crippen molar-refractivity contribution in [3.8, 4) is 0 Å². The van der Waals surface area contributed by atoms with Gasteiger partial charge in [-0.3, -0.25) is 15.1 Å². The van der Waals surface area contributed by atoms with Crippen molar-refractivity contribution >= 4 is 11.9 Å². The molecule has 1 saturated heterocycles. The lowest BCUT2D eigenvalue weighted by molar-refractivity contribution is -0.120. The van der Waals surface area contributed by atoms with Gasteiger partial charge in [0.15, 0.2) is 12.0 Å². The van der Waals surface area contributed by atoms with Crippen molar-refractivity contribution in [3.05, 3.63) is 18.2 Å². The van der Waals surface area contributed by atoms with Crippen molar-refractivity contribution in [1.29, 1.82) is 0 Å². The number of aliphatic imine (C=N–C) groups is 1.